The maximum absolute atomic E-state index is 13.9. The SMILES string of the molecule is COc1ccc(NC(=O)Nc2c(C)nn(Cc3ccccc3F)c2C)cc1OC. The first-order valence-electron chi connectivity index (χ1n) is 9.00. The minimum Gasteiger partial charge on any atom is -0.493 e. The summed E-state index contributed by atoms with van der Waals surface area (Å²) in [6.07, 6.45) is 0. The lowest BCUT2D eigenvalue weighted by atomic mass is 10.2. The largest absolute Gasteiger partial charge is 0.493 e. The third-order valence-corrected chi connectivity index (χ3v) is 4.54. The third kappa shape index (κ3) is 4.48. The molecule has 152 valence electrons. The van der Waals surface area contributed by atoms with Gasteiger partial charge in [-0.1, -0.05) is 18.2 Å². The minimum absolute atomic E-state index is 0.276. The van der Waals surface area contributed by atoms with Gasteiger partial charge in [0.05, 0.1) is 37.8 Å². The van der Waals surface area contributed by atoms with Crippen LogP contribution in [0.15, 0.2) is 42.5 Å². The number of anilines is 2. The molecule has 2 aromatic carbocycles. The van der Waals surface area contributed by atoms with Gasteiger partial charge in [-0.05, 0) is 32.0 Å². The summed E-state index contributed by atoms with van der Waals surface area (Å²) < 4.78 is 26.0. The minimum atomic E-state index is -0.422. The Morgan fingerprint density at radius 3 is 2.48 bits per heavy atom. The van der Waals surface area contributed by atoms with E-state index in [1.165, 1.54) is 13.2 Å². The van der Waals surface area contributed by atoms with Crippen molar-refractivity contribution in [3.63, 3.8) is 0 Å². The van der Waals surface area contributed by atoms with Crippen LogP contribution in [0.3, 0.4) is 0 Å². The number of carbonyl (C=O) groups excluding carboxylic acids is 1. The predicted octanol–water partition coefficient (Wildman–Crippen LogP) is 4.35. The number of methoxy groups -OCH3 is 2. The van der Waals surface area contributed by atoms with Gasteiger partial charge in [0.1, 0.15) is 5.82 Å². The molecule has 0 atom stereocenters. The van der Waals surface area contributed by atoms with Gasteiger partial charge in [-0.15, -0.1) is 0 Å². The molecule has 0 radical (unpaired) electrons. The first kappa shape index (κ1) is 20.2. The molecule has 0 unspecified atom stereocenters. The van der Waals surface area contributed by atoms with Crippen molar-refractivity contribution in [2.75, 3.05) is 24.9 Å². The lowest BCUT2D eigenvalue weighted by molar-refractivity contribution is 0.262. The summed E-state index contributed by atoms with van der Waals surface area (Å²) >= 11 is 0. The number of rotatable bonds is 6. The van der Waals surface area contributed by atoms with E-state index in [1.807, 2.05) is 6.92 Å². The maximum atomic E-state index is 13.9. The van der Waals surface area contributed by atoms with E-state index in [0.29, 0.717) is 34.1 Å². The summed E-state index contributed by atoms with van der Waals surface area (Å²) in [7, 11) is 3.07. The van der Waals surface area contributed by atoms with E-state index < -0.39 is 6.03 Å². The maximum Gasteiger partial charge on any atom is 0.323 e. The predicted molar refractivity (Wildman–Crippen MR) is 109 cm³/mol. The third-order valence-electron chi connectivity index (χ3n) is 4.54. The number of benzene rings is 2. The van der Waals surface area contributed by atoms with E-state index in [-0.39, 0.29) is 12.4 Å². The highest BCUT2D eigenvalue weighted by Crippen LogP contribution is 2.30. The molecule has 0 aliphatic carbocycles. The van der Waals surface area contributed by atoms with E-state index >= 15 is 0 Å². The molecular formula is C21H23FN4O3. The molecule has 1 aromatic heterocycles. The molecule has 29 heavy (non-hydrogen) atoms. The van der Waals surface area contributed by atoms with Gasteiger partial charge in [0.25, 0.3) is 0 Å². The molecule has 2 N–H and O–H groups in total. The van der Waals surface area contributed by atoms with Crippen molar-refractivity contribution in [2.24, 2.45) is 0 Å². The van der Waals surface area contributed by atoms with Crippen LogP contribution in [0.5, 0.6) is 11.5 Å². The Morgan fingerprint density at radius 1 is 1.07 bits per heavy atom. The molecule has 8 heteroatoms. The fourth-order valence-corrected chi connectivity index (χ4v) is 3.01. The highest BCUT2D eigenvalue weighted by Gasteiger charge is 2.16. The fourth-order valence-electron chi connectivity index (χ4n) is 3.01. The van der Waals surface area contributed by atoms with Crippen LogP contribution >= 0.6 is 0 Å². The van der Waals surface area contributed by atoms with E-state index in [9.17, 15) is 9.18 Å². The zero-order valence-corrected chi connectivity index (χ0v) is 16.7. The lowest BCUT2D eigenvalue weighted by Crippen LogP contribution is -2.20. The summed E-state index contributed by atoms with van der Waals surface area (Å²) in [6, 6.07) is 11.2. The van der Waals surface area contributed by atoms with Crippen molar-refractivity contribution in [1.29, 1.82) is 0 Å². The Hall–Kier alpha value is -3.55. The summed E-state index contributed by atoms with van der Waals surface area (Å²) in [5.74, 6) is 0.788. The second-order valence-electron chi connectivity index (χ2n) is 6.44. The summed E-state index contributed by atoms with van der Waals surface area (Å²) in [4.78, 5) is 12.5. The molecule has 1 heterocycles. The smallest absolute Gasteiger partial charge is 0.323 e. The molecule has 2 amide bonds. The van der Waals surface area contributed by atoms with Crippen LogP contribution in [0.2, 0.25) is 0 Å². The van der Waals surface area contributed by atoms with Gasteiger partial charge in [-0.25, -0.2) is 9.18 Å². The Kier molecular flexibility index (Phi) is 6.01. The standard InChI is InChI=1S/C21H23FN4O3/c1-13-20(14(2)26(25-13)12-15-7-5-6-8-17(15)22)24-21(27)23-16-9-10-18(28-3)19(11-16)29-4/h5-11H,12H2,1-4H3,(H2,23,24,27). The molecule has 0 saturated heterocycles. The first-order valence-corrected chi connectivity index (χ1v) is 9.00. The van der Waals surface area contributed by atoms with Crippen molar-refractivity contribution in [1.82, 2.24) is 9.78 Å². The number of hydrogen-bond donors (Lipinski definition) is 2. The second-order valence-corrected chi connectivity index (χ2v) is 6.44. The zero-order chi connectivity index (χ0) is 21.0. The first-order chi connectivity index (χ1) is 13.9. The molecule has 3 aromatic rings. The monoisotopic (exact) mass is 398 g/mol. The summed E-state index contributed by atoms with van der Waals surface area (Å²) in [5, 5.41) is 10.00. The second kappa shape index (κ2) is 8.64. The quantitative estimate of drug-likeness (QED) is 0.647. The van der Waals surface area contributed by atoms with Crippen LogP contribution in [0.25, 0.3) is 0 Å². The number of urea groups is 1. The van der Waals surface area contributed by atoms with Crippen LogP contribution in [0.1, 0.15) is 17.0 Å². The van der Waals surface area contributed by atoms with Crippen molar-refractivity contribution < 1.29 is 18.7 Å². The number of nitrogens with one attached hydrogen (secondary N) is 2. The Bertz CT molecular complexity index is 1030. The van der Waals surface area contributed by atoms with Crippen molar-refractivity contribution in [3.8, 4) is 11.5 Å². The summed E-state index contributed by atoms with van der Waals surface area (Å²) in [5.41, 5.74) is 3.03. The van der Waals surface area contributed by atoms with Gasteiger partial charge >= 0.3 is 6.03 Å². The van der Waals surface area contributed by atoms with Crippen LogP contribution in [-0.4, -0.2) is 30.0 Å². The van der Waals surface area contributed by atoms with E-state index in [4.69, 9.17) is 9.47 Å². The van der Waals surface area contributed by atoms with Crippen molar-refractivity contribution in [2.45, 2.75) is 20.4 Å². The van der Waals surface area contributed by atoms with Gasteiger partial charge in [0.15, 0.2) is 11.5 Å². The zero-order valence-electron chi connectivity index (χ0n) is 16.7. The number of halogens is 1. The number of amides is 2. The van der Waals surface area contributed by atoms with Gasteiger partial charge in [0.2, 0.25) is 0 Å². The average Bonchev–Trinajstić information content (AvgIpc) is 2.97. The van der Waals surface area contributed by atoms with Gasteiger partial charge in [-0.2, -0.15) is 5.10 Å². The Balaban J connectivity index is 1.74. The number of carbonyl (C=O) groups is 1. The van der Waals surface area contributed by atoms with Crippen LogP contribution in [-0.2, 0) is 6.54 Å². The van der Waals surface area contributed by atoms with E-state index in [2.05, 4.69) is 15.7 Å². The topological polar surface area (TPSA) is 77.4 Å². The molecule has 0 bridgehead atoms. The molecule has 0 spiro atoms. The molecule has 0 fully saturated rings. The van der Waals surface area contributed by atoms with Crippen LogP contribution in [0, 0.1) is 19.7 Å². The highest BCUT2D eigenvalue weighted by atomic mass is 19.1. The molecular weight excluding hydrogens is 375 g/mol. The Morgan fingerprint density at radius 2 is 1.79 bits per heavy atom. The van der Waals surface area contributed by atoms with Gasteiger partial charge < -0.3 is 20.1 Å². The average molecular weight is 398 g/mol. The van der Waals surface area contributed by atoms with Crippen molar-refractivity contribution in [3.05, 3.63) is 65.2 Å². The van der Waals surface area contributed by atoms with Gasteiger partial charge in [0, 0.05) is 17.3 Å². The molecule has 3 rings (SSSR count). The van der Waals surface area contributed by atoms with Crippen LogP contribution in [0.4, 0.5) is 20.6 Å². The Labute approximate surface area is 168 Å². The molecule has 0 saturated carbocycles. The summed E-state index contributed by atoms with van der Waals surface area (Å²) in [6.45, 7) is 3.89. The fraction of sp³-hybridized carbons (Fsp3) is 0.238. The molecule has 0 aliphatic heterocycles. The van der Waals surface area contributed by atoms with Crippen molar-refractivity contribution >= 4 is 17.4 Å². The number of ether oxygens (including phenoxy) is 2. The van der Waals surface area contributed by atoms with E-state index in [1.54, 1.807) is 55.1 Å². The number of aromatic nitrogens is 2. The van der Waals surface area contributed by atoms with Gasteiger partial charge in [-0.3, -0.25) is 4.68 Å². The number of hydrogen-bond acceptors (Lipinski definition) is 4. The van der Waals surface area contributed by atoms with Crippen LogP contribution < -0.4 is 20.1 Å². The molecule has 7 nitrogen and oxygen atoms in total. The normalized spacial score (nSPS) is 10.5. The van der Waals surface area contributed by atoms with E-state index in [0.717, 1.165) is 5.69 Å². The number of aryl methyl sites for hydroxylation is 1. The molecule has 0 aliphatic rings. The highest BCUT2D eigenvalue weighted by molar-refractivity contribution is 6.00. The number of nitrogens with zero attached hydrogens (tertiary/aromatic N) is 2. The lowest BCUT2D eigenvalue weighted by Gasteiger charge is -2.12.